The van der Waals surface area contributed by atoms with E-state index in [1.807, 2.05) is 72.0 Å². The van der Waals surface area contributed by atoms with Gasteiger partial charge in [0.2, 0.25) is 0 Å². The molecule has 3 heterocycles. The Balaban J connectivity index is 1.79. The first-order chi connectivity index (χ1) is 14.5. The van der Waals surface area contributed by atoms with Crippen LogP contribution in [-0.4, -0.2) is 33.1 Å². The summed E-state index contributed by atoms with van der Waals surface area (Å²) in [7, 11) is 5.57. The molecule has 6 heteroatoms. The van der Waals surface area contributed by atoms with Gasteiger partial charge in [0.25, 0.3) is 0 Å². The number of ether oxygens (including phenoxy) is 1. The highest BCUT2D eigenvalue weighted by Gasteiger charge is 2.35. The summed E-state index contributed by atoms with van der Waals surface area (Å²) in [5, 5.41) is 14.3. The molecule has 2 aromatic carbocycles. The second-order valence-corrected chi connectivity index (χ2v) is 7.66. The van der Waals surface area contributed by atoms with Crippen LogP contribution in [-0.2, 0) is 30.2 Å². The van der Waals surface area contributed by atoms with Crippen molar-refractivity contribution in [2.75, 3.05) is 7.11 Å². The highest BCUT2D eigenvalue weighted by molar-refractivity contribution is 6.40. The summed E-state index contributed by atoms with van der Waals surface area (Å²) >= 11 is 0. The number of fused-ring (bicyclic) bond motifs is 2. The Morgan fingerprint density at radius 3 is 2.47 bits per heavy atom. The van der Waals surface area contributed by atoms with Gasteiger partial charge in [-0.3, -0.25) is 0 Å². The standard InChI is InChI=1S/C24H21N3O3/c1-25-11-18(16-6-4-5-7-21(16)25)20-13-27(29)24(28)23(20)19-12-26(2)22-10-15(14-30-3)8-9-17(19)22/h4-13H,14H2,1-3H3. The lowest BCUT2D eigenvalue weighted by Crippen LogP contribution is -2.10. The van der Waals surface area contributed by atoms with Gasteiger partial charge in [-0.1, -0.05) is 30.3 Å². The van der Waals surface area contributed by atoms with E-state index >= 15 is 0 Å². The fourth-order valence-corrected chi connectivity index (χ4v) is 4.37. The lowest BCUT2D eigenvalue weighted by Gasteiger charge is -2.03. The number of aryl methyl sites for hydroxylation is 2. The second-order valence-electron chi connectivity index (χ2n) is 7.66. The van der Waals surface area contributed by atoms with Gasteiger partial charge in [-0.25, -0.2) is 4.79 Å². The molecule has 0 saturated carbocycles. The summed E-state index contributed by atoms with van der Waals surface area (Å²) in [4.78, 5) is 12.9. The number of hydrogen-bond donors (Lipinski definition) is 0. The summed E-state index contributed by atoms with van der Waals surface area (Å²) < 4.78 is 9.68. The summed E-state index contributed by atoms with van der Waals surface area (Å²) in [6, 6.07) is 14.0. The molecule has 4 aromatic rings. The Hall–Kier alpha value is -3.64. The minimum atomic E-state index is -0.536. The maximum absolute atomic E-state index is 12.9. The molecule has 0 N–H and O–H groups in total. The normalized spacial score (nSPS) is 14.4. The first-order valence-electron chi connectivity index (χ1n) is 9.71. The molecule has 0 aliphatic carbocycles. The zero-order chi connectivity index (χ0) is 21.0. The van der Waals surface area contributed by atoms with Crippen LogP contribution in [0.2, 0.25) is 0 Å². The lowest BCUT2D eigenvalue weighted by molar-refractivity contribution is -0.366. The van der Waals surface area contributed by atoms with Crippen LogP contribution >= 0.6 is 0 Å². The highest BCUT2D eigenvalue weighted by atomic mass is 16.5. The molecule has 2 aromatic heterocycles. The maximum atomic E-state index is 12.9. The van der Waals surface area contributed by atoms with Crippen LogP contribution < -0.4 is 0 Å². The van der Waals surface area contributed by atoms with Crippen molar-refractivity contribution in [2.24, 2.45) is 14.1 Å². The molecule has 0 fully saturated rings. The van der Waals surface area contributed by atoms with Crippen molar-refractivity contribution >= 4 is 45.1 Å². The van der Waals surface area contributed by atoms with Crippen LogP contribution in [0.1, 0.15) is 16.7 Å². The third-order valence-electron chi connectivity index (χ3n) is 5.75. The number of carbonyl (C=O) groups is 1. The second kappa shape index (κ2) is 6.71. The van der Waals surface area contributed by atoms with Crippen molar-refractivity contribution in [3.05, 3.63) is 76.8 Å². The van der Waals surface area contributed by atoms with E-state index in [2.05, 4.69) is 6.07 Å². The monoisotopic (exact) mass is 399 g/mol. The van der Waals surface area contributed by atoms with E-state index in [0.29, 0.717) is 22.5 Å². The summed E-state index contributed by atoms with van der Waals surface area (Å²) in [5.74, 6) is -0.536. The van der Waals surface area contributed by atoms with Crippen molar-refractivity contribution in [2.45, 2.75) is 6.61 Å². The van der Waals surface area contributed by atoms with Gasteiger partial charge in [-0.05, 0) is 17.7 Å². The van der Waals surface area contributed by atoms with Gasteiger partial charge in [0, 0.05) is 66.5 Å². The van der Waals surface area contributed by atoms with Crippen LogP contribution in [0.5, 0.6) is 0 Å². The number of carbonyl (C=O) groups excluding carboxylic acids is 1. The molecule has 1 aliphatic heterocycles. The van der Waals surface area contributed by atoms with Crippen molar-refractivity contribution in [1.29, 1.82) is 0 Å². The third-order valence-corrected chi connectivity index (χ3v) is 5.75. The lowest BCUT2D eigenvalue weighted by atomic mass is 9.95. The number of hydrogen-bond acceptors (Lipinski definition) is 3. The zero-order valence-corrected chi connectivity index (χ0v) is 17.0. The predicted molar refractivity (Wildman–Crippen MR) is 118 cm³/mol. The Kier molecular flexibility index (Phi) is 4.11. The van der Waals surface area contributed by atoms with Gasteiger partial charge in [-0.15, -0.1) is 4.74 Å². The smallest absolute Gasteiger partial charge is 0.432 e. The number of allylic oxidation sites excluding steroid dienone is 1. The van der Waals surface area contributed by atoms with E-state index in [1.165, 1.54) is 6.21 Å². The Bertz CT molecular complexity index is 1400. The van der Waals surface area contributed by atoms with Crippen molar-refractivity contribution < 1.29 is 14.3 Å². The van der Waals surface area contributed by atoms with Gasteiger partial charge in [-0.2, -0.15) is 0 Å². The molecule has 0 unspecified atom stereocenters. The molecule has 6 nitrogen and oxygen atoms in total. The van der Waals surface area contributed by atoms with Crippen LogP contribution in [0.3, 0.4) is 0 Å². The van der Waals surface area contributed by atoms with Crippen molar-refractivity contribution in [3.8, 4) is 0 Å². The van der Waals surface area contributed by atoms with Gasteiger partial charge in [0.15, 0.2) is 6.21 Å². The summed E-state index contributed by atoms with van der Waals surface area (Å²) in [6.07, 6.45) is 5.30. The predicted octanol–water partition coefficient (Wildman–Crippen LogP) is 3.85. The highest BCUT2D eigenvalue weighted by Crippen LogP contribution is 2.38. The quantitative estimate of drug-likeness (QED) is 0.387. The first-order valence-corrected chi connectivity index (χ1v) is 9.71. The maximum Gasteiger partial charge on any atom is 0.432 e. The van der Waals surface area contributed by atoms with E-state index < -0.39 is 5.91 Å². The van der Waals surface area contributed by atoms with Crippen LogP contribution in [0.25, 0.3) is 33.0 Å². The average Bonchev–Trinajstić information content (AvgIpc) is 3.35. The Labute approximate surface area is 173 Å². The molecule has 0 spiro atoms. The fourth-order valence-electron chi connectivity index (χ4n) is 4.37. The van der Waals surface area contributed by atoms with E-state index in [1.54, 1.807) is 7.11 Å². The molecule has 150 valence electrons. The number of nitrogens with zero attached hydrogens (tertiary/aromatic N) is 3. The molecular weight excluding hydrogens is 378 g/mol. The van der Waals surface area contributed by atoms with E-state index in [0.717, 1.165) is 38.5 Å². The van der Waals surface area contributed by atoms with Crippen LogP contribution in [0, 0.1) is 5.21 Å². The molecule has 1 aliphatic rings. The van der Waals surface area contributed by atoms with Gasteiger partial charge < -0.3 is 19.1 Å². The number of hydroxylamine groups is 1. The zero-order valence-electron chi connectivity index (χ0n) is 17.0. The summed E-state index contributed by atoms with van der Waals surface area (Å²) in [6.45, 7) is 0.515. The molecule has 0 bridgehead atoms. The number of benzene rings is 2. The van der Waals surface area contributed by atoms with E-state index in [9.17, 15) is 10.0 Å². The topological polar surface area (TPSA) is 62.2 Å². The fraction of sp³-hybridized carbons (Fsp3) is 0.167. The van der Waals surface area contributed by atoms with E-state index in [-0.39, 0.29) is 0 Å². The molecule has 1 amide bonds. The molecule has 0 atom stereocenters. The van der Waals surface area contributed by atoms with Crippen molar-refractivity contribution in [3.63, 3.8) is 0 Å². The molecule has 30 heavy (non-hydrogen) atoms. The van der Waals surface area contributed by atoms with Crippen molar-refractivity contribution in [1.82, 2.24) is 9.13 Å². The van der Waals surface area contributed by atoms with E-state index in [4.69, 9.17) is 4.74 Å². The molecule has 5 rings (SSSR count). The number of rotatable bonds is 4. The SMILES string of the molecule is COCc1ccc2c(C3=C(c4cn(C)c5ccccc45)C=[N+]([O-])C3=O)cn(C)c2c1. The van der Waals surface area contributed by atoms with Crippen LogP contribution in [0.4, 0.5) is 0 Å². The minimum Gasteiger partial charge on any atom is -0.616 e. The van der Waals surface area contributed by atoms with Crippen LogP contribution in [0.15, 0.2) is 54.9 Å². The van der Waals surface area contributed by atoms with Gasteiger partial charge in [0.1, 0.15) is 5.57 Å². The van der Waals surface area contributed by atoms with Gasteiger partial charge >= 0.3 is 5.91 Å². The average molecular weight is 399 g/mol. The Morgan fingerprint density at radius 2 is 1.67 bits per heavy atom. The summed E-state index contributed by atoms with van der Waals surface area (Å²) in [5.41, 5.74) is 5.82. The minimum absolute atomic E-state index is 0.435. The first kappa shape index (κ1) is 18.4. The number of para-hydroxylation sites is 1. The molecule has 0 radical (unpaired) electrons. The third kappa shape index (κ3) is 2.61. The molecular formula is C24H21N3O3. The molecule has 0 saturated heterocycles. The number of amides is 1. The largest absolute Gasteiger partial charge is 0.616 e. The Morgan fingerprint density at radius 1 is 0.967 bits per heavy atom. The number of methoxy groups -OCH3 is 1. The number of aromatic nitrogens is 2. The van der Waals surface area contributed by atoms with Gasteiger partial charge in [0.05, 0.1) is 12.2 Å².